The largest absolute Gasteiger partial charge is 0.383 e. The molecule has 0 atom stereocenters. The first kappa shape index (κ1) is 11.8. The van der Waals surface area contributed by atoms with Crippen LogP contribution in [0, 0.1) is 11.3 Å². The van der Waals surface area contributed by atoms with Gasteiger partial charge in [-0.1, -0.05) is 12.1 Å². The lowest BCUT2D eigenvalue weighted by Gasteiger charge is -2.05. The molecule has 20 heavy (non-hydrogen) atoms. The zero-order valence-electron chi connectivity index (χ0n) is 10.3. The Morgan fingerprint density at radius 2 is 2.10 bits per heavy atom. The molecule has 1 aromatic carbocycles. The minimum Gasteiger partial charge on any atom is -0.383 e. The zero-order valence-corrected chi connectivity index (χ0v) is 10.3. The number of tetrazole rings is 1. The molecule has 2 aromatic heterocycles. The molecule has 0 aliphatic heterocycles. The molecule has 7 nitrogen and oxygen atoms in total. The van der Waals surface area contributed by atoms with Gasteiger partial charge in [-0.3, -0.25) is 0 Å². The second kappa shape index (κ2) is 4.78. The maximum absolute atomic E-state index is 8.85. The monoisotopic (exact) mass is 263 g/mol. The first-order valence-electron chi connectivity index (χ1n) is 5.78. The van der Waals surface area contributed by atoms with E-state index in [4.69, 9.17) is 11.0 Å². The predicted octanol–water partition coefficient (Wildman–Crippen LogP) is 1.18. The zero-order chi connectivity index (χ0) is 13.9. The molecule has 2 N–H and O–H groups in total. The third kappa shape index (κ3) is 2.06. The Balaban J connectivity index is 2.05. The summed E-state index contributed by atoms with van der Waals surface area (Å²) in [5.41, 5.74) is 8.47. The third-order valence-corrected chi connectivity index (χ3v) is 2.80. The minimum absolute atomic E-state index is 0.220. The minimum atomic E-state index is 0.220. The van der Waals surface area contributed by atoms with Crippen molar-refractivity contribution in [1.82, 2.24) is 25.2 Å². The molecule has 0 unspecified atom stereocenters. The Labute approximate surface area is 114 Å². The molecule has 7 heteroatoms. The van der Waals surface area contributed by atoms with Crippen LogP contribution in [-0.2, 0) is 0 Å². The van der Waals surface area contributed by atoms with Crippen LogP contribution in [0.1, 0.15) is 5.56 Å². The second-order valence-electron chi connectivity index (χ2n) is 4.05. The van der Waals surface area contributed by atoms with Crippen molar-refractivity contribution in [1.29, 1.82) is 5.26 Å². The van der Waals surface area contributed by atoms with Crippen LogP contribution in [0.3, 0.4) is 0 Å². The number of hydrogen-bond donors (Lipinski definition) is 1. The summed E-state index contributed by atoms with van der Waals surface area (Å²) in [5.74, 6) is 0.220. The van der Waals surface area contributed by atoms with E-state index in [-0.39, 0.29) is 5.82 Å². The van der Waals surface area contributed by atoms with Gasteiger partial charge in [0.1, 0.15) is 18.2 Å². The van der Waals surface area contributed by atoms with Gasteiger partial charge in [0.15, 0.2) is 0 Å². The fraction of sp³-hybridized carbons (Fsp3) is 0. The Hall–Kier alpha value is -3.27. The molecule has 0 aliphatic carbocycles. The highest BCUT2D eigenvalue weighted by atomic mass is 15.5. The maximum atomic E-state index is 8.85. The SMILES string of the molecule is N#Cc1ccc(-c2cccc(-n3cnnn3)c2)nc1N. The summed E-state index contributed by atoms with van der Waals surface area (Å²) in [5, 5.41) is 19.9. The molecular formula is C13H9N7. The lowest BCUT2D eigenvalue weighted by atomic mass is 10.1. The quantitative estimate of drug-likeness (QED) is 0.744. The fourth-order valence-electron chi connectivity index (χ4n) is 1.82. The van der Waals surface area contributed by atoms with E-state index in [2.05, 4.69) is 20.5 Å². The normalized spacial score (nSPS) is 10.2. The van der Waals surface area contributed by atoms with E-state index in [0.29, 0.717) is 11.3 Å². The van der Waals surface area contributed by atoms with E-state index in [9.17, 15) is 0 Å². The van der Waals surface area contributed by atoms with Gasteiger partial charge in [-0.2, -0.15) is 5.26 Å². The molecule has 3 rings (SSSR count). The second-order valence-corrected chi connectivity index (χ2v) is 4.05. The third-order valence-electron chi connectivity index (χ3n) is 2.80. The van der Waals surface area contributed by atoms with Crippen LogP contribution in [0.25, 0.3) is 16.9 Å². The van der Waals surface area contributed by atoms with Crippen molar-refractivity contribution in [2.75, 3.05) is 5.73 Å². The first-order valence-corrected chi connectivity index (χ1v) is 5.78. The Bertz CT molecular complexity index is 787. The van der Waals surface area contributed by atoms with Crippen molar-refractivity contribution in [3.8, 4) is 23.0 Å². The van der Waals surface area contributed by atoms with Crippen molar-refractivity contribution in [3.63, 3.8) is 0 Å². The lowest BCUT2D eigenvalue weighted by molar-refractivity contribution is 0.789. The van der Waals surface area contributed by atoms with Crippen molar-refractivity contribution in [3.05, 3.63) is 48.3 Å². The van der Waals surface area contributed by atoms with E-state index in [1.807, 2.05) is 30.3 Å². The molecule has 0 saturated carbocycles. The van der Waals surface area contributed by atoms with Gasteiger partial charge in [-0.25, -0.2) is 9.67 Å². The number of nitrogen functional groups attached to an aromatic ring is 1. The number of nitrogens with zero attached hydrogens (tertiary/aromatic N) is 6. The van der Waals surface area contributed by atoms with Crippen molar-refractivity contribution >= 4 is 5.82 Å². The van der Waals surface area contributed by atoms with E-state index in [1.165, 1.54) is 6.33 Å². The van der Waals surface area contributed by atoms with Crippen LogP contribution in [0.15, 0.2) is 42.7 Å². The highest BCUT2D eigenvalue weighted by Gasteiger charge is 2.06. The molecule has 0 saturated heterocycles. The number of anilines is 1. The van der Waals surface area contributed by atoms with Gasteiger partial charge in [-0.15, -0.1) is 5.10 Å². The summed E-state index contributed by atoms with van der Waals surface area (Å²) in [6, 6.07) is 13.0. The van der Waals surface area contributed by atoms with Crippen molar-refractivity contribution in [2.45, 2.75) is 0 Å². The van der Waals surface area contributed by atoms with Gasteiger partial charge in [0.25, 0.3) is 0 Å². The Kier molecular flexibility index (Phi) is 2.82. The van der Waals surface area contributed by atoms with E-state index in [1.54, 1.807) is 16.8 Å². The lowest BCUT2D eigenvalue weighted by Crippen LogP contribution is -1.98. The maximum Gasteiger partial charge on any atom is 0.143 e. The molecule has 0 aliphatic rings. The van der Waals surface area contributed by atoms with E-state index in [0.717, 1.165) is 11.3 Å². The summed E-state index contributed by atoms with van der Waals surface area (Å²) < 4.78 is 1.55. The van der Waals surface area contributed by atoms with Gasteiger partial charge in [0, 0.05) is 5.56 Å². The predicted molar refractivity (Wildman–Crippen MR) is 71.5 cm³/mol. The average molecular weight is 263 g/mol. The summed E-state index contributed by atoms with van der Waals surface area (Å²) in [4.78, 5) is 4.23. The summed E-state index contributed by atoms with van der Waals surface area (Å²) >= 11 is 0. The van der Waals surface area contributed by atoms with Gasteiger partial charge in [0.05, 0.1) is 16.9 Å². The molecule has 0 fully saturated rings. The summed E-state index contributed by atoms with van der Waals surface area (Å²) in [6.07, 6.45) is 1.51. The number of benzene rings is 1. The smallest absolute Gasteiger partial charge is 0.143 e. The van der Waals surface area contributed by atoms with Crippen molar-refractivity contribution < 1.29 is 0 Å². The van der Waals surface area contributed by atoms with Crippen LogP contribution in [0.4, 0.5) is 5.82 Å². The topological polar surface area (TPSA) is 106 Å². The van der Waals surface area contributed by atoms with Crippen molar-refractivity contribution in [2.24, 2.45) is 0 Å². The van der Waals surface area contributed by atoms with Gasteiger partial charge in [0.2, 0.25) is 0 Å². The molecule has 96 valence electrons. The van der Waals surface area contributed by atoms with Crippen LogP contribution >= 0.6 is 0 Å². The number of aromatic nitrogens is 5. The van der Waals surface area contributed by atoms with Crippen LogP contribution in [0.2, 0.25) is 0 Å². The highest BCUT2D eigenvalue weighted by Crippen LogP contribution is 2.22. The summed E-state index contributed by atoms with van der Waals surface area (Å²) in [7, 11) is 0. The standard InChI is InChI=1S/C13H9N7/c14-7-10-4-5-12(17-13(10)15)9-2-1-3-11(6-9)20-8-16-18-19-20/h1-6,8H,(H2,15,17). The highest BCUT2D eigenvalue weighted by molar-refractivity contribution is 5.65. The molecule has 3 aromatic rings. The molecule has 0 radical (unpaired) electrons. The Morgan fingerprint density at radius 1 is 1.20 bits per heavy atom. The Morgan fingerprint density at radius 3 is 2.80 bits per heavy atom. The van der Waals surface area contributed by atoms with Crippen LogP contribution < -0.4 is 5.73 Å². The number of hydrogen-bond acceptors (Lipinski definition) is 6. The summed E-state index contributed by atoms with van der Waals surface area (Å²) in [6.45, 7) is 0. The average Bonchev–Trinajstić information content (AvgIpc) is 3.01. The van der Waals surface area contributed by atoms with E-state index < -0.39 is 0 Å². The molecule has 2 heterocycles. The number of nitrogens with two attached hydrogens (primary N) is 1. The number of pyridine rings is 1. The number of nitriles is 1. The fourth-order valence-corrected chi connectivity index (χ4v) is 1.82. The first-order chi connectivity index (χ1) is 9.78. The van der Waals surface area contributed by atoms with Gasteiger partial charge >= 0.3 is 0 Å². The molecule has 0 spiro atoms. The van der Waals surface area contributed by atoms with Crippen LogP contribution in [0.5, 0.6) is 0 Å². The number of rotatable bonds is 2. The van der Waals surface area contributed by atoms with Gasteiger partial charge < -0.3 is 5.73 Å². The van der Waals surface area contributed by atoms with Crippen LogP contribution in [-0.4, -0.2) is 25.2 Å². The van der Waals surface area contributed by atoms with E-state index >= 15 is 0 Å². The molecule has 0 bridgehead atoms. The van der Waals surface area contributed by atoms with Gasteiger partial charge in [-0.05, 0) is 34.7 Å². The molecular weight excluding hydrogens is 254 g/mol. The molecule has 0 amide bonds.